The lowest BCUT2D eigenvalue weighted by molar-refractivity contribution is 0.102. The highest BCUT2D eigenvalue weighted by atomic mass is 35.5. The van der Waals surface area contributed by atoms with Crippen LogP contribution in [0.1, 0.15) is 23.7 Å². The maximum Gasteiger partial charge on any atom is 0.261 e. The molecule has 4 aromatic rings. The molecule has 0 aliphatic heterocycles. The second-order valence-electron chi connectivity index (χ2n) is 7.26. The number of benzene rings is 1. The molecule has 0 aliphatic rings. The van der Waals surface area contributed by atoms with E-state index in [9.17, 15) is 9.90 Å². The fourth-order valence-corrected chi connectivity index (χ4v) is 3.62. The summed E-state index contributed by atoms with van der Waals surface area (Å²) < 4.78 is 8.60. The van der Waals surface area contributed by atoms with Crippen LogP contribution in [0.25, 0.3) is 16.8 Å². The number of anilines is 2. The van der Waals surface area contributed by atoms with Gasteiger partial charge in [-0.1, -0.05) is 24.6 Å². The second-order valence-corrected chi connectivity index (χ2v) is 7.70. The summed E-state index contributed by atoms with van der Waals surface area (Å²) in [4.78, 5) is 13.2. The van der Waals surface area contributed by atoms with Crippen LogP contribution in [0.3, 0.4) is 0 Å². The number of ether oxygens (including phenoxy) is 1. The maximum absolute atomic E-state index is 13.2. The molecule has 10 heteroatoms. The Morgan fingerprint density at radius 2 is 2.12 bits per heavy atom. The zero-order valence-corrected chi connectivity index (χ0v) is 18.4. The van der Waals surface area contributed by atoms with Crippen LogP contribution in [-0.4, -0.2) is 43.6 Å². The first-order valence-electron chi connectivity index (χ1n) is 10.0. The quantitative estimate of drug-likeness (QED) is 0.393. The van der Waals surface area contributed by atoms with Gasteiger partial charge in [0.2, 0.25) is 0 Å². The Kier molecular flexibility index (Phi) is 6.02. The van der Waals surface area contributed by atoms with Gasteiger partial charge in [0, 0.05) is 23.0 Å². The first-order chi connectivity index (χ1) is 15.4. The van der Waals surface area contributed by atoms with Crippen molar-refractivity contribution in [2.45, 2.75) is 26.0 Å². The van der Waals surface area contributed by atoms with Crippen LogP contribution >= 0.6 is 11.6 Å². The van der Waals surface area contributed by atoms with E-state index >= 15 is 0 Å². The Morgan fingerprint density at radius 3 is 2.88 bits per heavy atom. The van der Waals surface area contributed by atoms with Crippen LogP contribution < -0.4 is 15.8 Å². The highest BCUT2D eigenvalue weighted by Gasteiger charge is 2.22. The van der Waals surface area contributed by atoms with E-state index in [2.05, 4.69) is 15.5 Å². The Bertz CT molecular complexity index is 1280. The number of fused-ring (bicyclic) bond motifs is 1. The molecule has 0 saturated carbocycles. The molecule has 4 rings (SSSR count). The molecule has 32 heavy (non-hydrogen) atoms. The summed E-state index contributed by atoms with van der Waals surface area (Å²) in [5.74, 6) is 0.229. The molecule has 1 aromatic carbocycles. The van der Waals surface area contributed by atoms with Gasteiger partial charge < -0.3 is 20.9 Å². The van der Waals surface area contributed by atoms with Crippen molar-refractivity contribution in [3.63, 3.8) is 0 Å². The van der Waals surface area contributed by atoms with E-state index in [0.717, 1.165) is 0 Å². The lowest BCUT2D eigenvalue weighted by Gasteiger charge is -2.10. The van der Waals surface area contributed by atoms with E-state index in [4.69, 9.17) is 22.1 Å². The summed E-state index contributed by atoms with van der Waals surface area (Å²) in [7, 11) is 1.54. The van der Waals surface area contributed by atoms with Crippen molar-refractivity contribution in [2.75, 3.05) is 18.2 Å². The summed E-state index contributed by atoms with van der Waals surface area (Å²) in [6.45, 7) is 2.15. The number of aliphatic hydroxyl groups is 1. The predicted octanol–water partition coefficient (Wildman–Crippen LogP) is 3.47. The molecule has 9 nitrogen and oxygen atoms in total. The van der Waals surface area contributed by atoms with Gasteiger partial charge in [-0.3, -0.25) is 9.48 Å². The van der Waals surface area contributed by atoms with E-state index < -0.39 is 12.0 Å². The molecule has 1 atom stereocenters. The van der Waals surface area contributed by atoms with Crippen molar-refractivity contribution in [2.24, 2.45) is 0 Å². The van der Waals surface area contributed by atoms with Crippen LogP contribution in [0.4, 0.5) is 11.5 Å². The van der Waals surface area contributed by atoms with E-state index in [-0.39, 0.29) is 17.9 Å². The van der Waals surface area contributed by atoms with E-state index in [1.807, 2.05) is 6.92 Å². The lowest BCUT2D eigenvalue weighted by atomic mass is 10.1. The van der Waals surface area contributed by atoms with Gasteiger partial charge in [-0.25, -0.2) is 4.52 Å². The smallest absolute Gasteiger partial charge is 0.261 e. The molecule has 0 spiro atoms. The highest BCUT2D eigenvalue weighted by Crippen LogP contribution is 2.36. The normalized spacial score (nSPS) is 12.1. The monoisotopic (exact) mass is 454 g/mol. The molecule has 166 valence electrons. The molecule has 0 radical (unpaired) electrons. The molecule has 0 saturated heterocycles. The van der Waals surface area contributed by atoms with Gasteiger partial charge in [0.25, 0.3) is 5.91 Å². The lowest BCUT2D eigenvalue weighted by Crippen LogP contribution is -2.15. The summed E-state index contributed by atoms with van der Waals surface area (Å²) >= 11 is 6.22. The average molecular weight is 455 g/mol. The molecule has 0 unspecified atom stereocenters. The Hall–Kier alpha value is -3.56. The number of hydrogen-bond acceptors (Lipinski definition) is 6. The van der Waals surface area contributed by atoms with Gasteiger partial charge in [0.15, 0.2) is 5.82 Å². The Labute approximate surface area is 189 Å². The molecule has 0 fully saturated rings. The number of nitrogen functional groups attached to an aromatic ring is 1. The van der Waals surface area contributed by atoms with Gasteiger partial charge in [0.1, 0.15) is 17.0 Å². The summed E-state index contributed by atoms with van der Waals surface area (Å²) in [5, 5.41) is 22.3. The number of rotatable bonds is 7. The minimum atomic E-state index is -0.581. The molecular weight excluding hydrogens is 432 g/mol. The number of amides is 1. The largest absolute Gasteiger partial charge is 0.496 e. The second kappa shape index (κ2) is 8.89. The SMILES string of the molecule is CC[C@H](O)Cn1cc(NC(=O)c2c(N)nn3ccccc23)c(-c2cc(Cl)ccc2OC)n1. The van der Waals surface area contributed by atoms with Gasteiger partial charge in [-0.05, 0) is 36.8 Å². The van der Waals surface area contributed by atoms with Crippen molar-refractivity contribution in [3.05, 3.63) is 59.4 Å². The van der Waals surface area contributed by atoms with Crippen molar-refractivity contribution in [3.8, 4) is 17.0 Å². The number of halogens is 1. The number of carbonyl (C=O) groups excluding carboxylic acids is 1. The van der Waals surface area contributed by atoms with Crippen LogP contribution in [-0.2, 0) is 6.54 Å². The minimum Gasteiger partial charge on any atom is -0.496 e. The van der Waals surface area contributed by atoms with Crippen LogP contribution in [0.5, 0.6) is 5.75 Å². The van der Waals surface area contributed by atoms with Gasteiger partial charge >= 0.3 is 0 Å². The fraction of sp³-hybridized carbons (Fsp3) is 0.227. The molecule has 3 aromatic heterocycles. The molecular formula is C22H23ClN6O3. The number of pyridine rings is 1. The zero-order valence-electron chi connectivity index (χ0n) is 17.6. The van der Waals surface area contributed by atoms with Crippen molar-refractivity contribution < 1.29 is 14.6 Å². The van der Waals surface area contributed by atoms with Crippen LogP contribution in [0.15, 0.2) is 48.8 Å². The third-order valence-corrected chi connectivity index (χ3v) is 5.32. The topological polar surface area (TPSA) is 120 Å². The number of nitrogens with two attached hydrogens (primary N) is 1. The summed E-state index contributed by atoms with van der Waals surface area (Å²) in [6.07, 6.45) is 3.36. The van der Waals surface area contributed by atoms with Crippen LogP contribution in [0, 0.1) is 0 Å². The zero-order chi connectivity index (χ0) is 22.8. The average Bonchev–Trinajstić information content (AvgIpc) is 3.32. The van der Waals surface area contributed by atoms with Crippen molar-refractivity contribution >= 4 is 34.5 Å². The molecule has 0 bridgehead atoms. The van der Waals surface area contributed by atoms with Gasteiger partial charge in [0.05, 0.1) is 31.0 Å². The number of aromatic nitrogens is 4. The number of hydrogen-bond donors (Lipinski definition) is 3. The standard InChI is InChI=1S/C22H23ClN6O3/c1-3-14(30)11-28-12-16(20(26-28)15-10-13(23)7-8-18(15)32-2)25-22(31)19-17-6-4-5-9-29(17)27-21(19)24/h4-10,12,14,30H,3,11H2,1-2H3,(H2,24,27)(H,25,31)/t14-/m0/s1. The maximum atomic E-state index is 13.2. The number of carbonyl (C=O) groups is 1. The third kappa shape index (κ3) is 4.12. The number of nitrogens with one attached hydrogen (secondary N) is 1. The minimum absolute atomic E-state index is 0.115. The van der Waals surface area contributed by atoms with E-state index in [1.165, 1.54) is 0 Å². The molecule has 1 amide bonds. The first-order valence-corrected chi connectivity index (χ1v) is 10.4. The highest BCUT2D eigenvalue weighted by molar-refractivity contribution is 6.31. The van der Waals surface area contributed by atoms with Gasteiger partial charge in [-0.2, -0.15) is 5.10 Å². The summed E-state index contributed by atoms with van der Waals surface area (Å²) in [5.41, 5.74) is 8.35. The fourth-order valence-electron chi connectivity index (χ4n) is 3.45. The number of nitrogens with zero attached hydrogens (tertiary/aromatic N) is 4. The van der Waals surface area contributed by atoms with E-state index in [0.29, 0.717) is 39.7 Å². The summed E-state index contributed by atoms with van der Waals surface area (Å²) in [6, 6.07) is 10.5. The Balaban J connectivity index is 1.78. The number of methoxy groups -OCH3 is 1. The van der Waals surface area contributed by atoms with Crippen molar-refractivity contribution in [1.82, 2.24) is 19.4 Å². The number of aliphatic hydroxyl groups excluding tert-OH is 1. The van der Waals surface area contributed by atoms with Crippen LogP contribution in [0.2, 0.25) is 5.02 Å². The third-order valence-electron chi connectivity index (χ3n) is 5.09. The first kappa shape index (κ1) is 21.7. The van der Waals surface area contributed by atoms with Crippen molar-refractivity contribution in [1.29, 1.82) is 0 Å². The molecule has 4 N–H and O–H groups in total. The predicted molar refractivity (Wildman–Crippen MR) is 123 cm³/mol. The van der Waals surface area contributed by atoms with Gasteiger partial charge in [-0.15, -0.1) is 5.10 Å². The molecule has 3 heterocycles. The van der Waals surface area contributed by atoms with E-state index in [1.54, 1.807) is 65.1 Å². The molecule has 0 aliphatic carbocycles. The Morgan fingerprint density at radius 1 is 1.31 bits per heavy atom.